The number of aromatic nitrogens is 1. The van der Waals surface area contributed by atoms with E-state index in [0.29, 0.717) is 5.02 Å². The minimum atomic E-state index is -0.827. The van der Waals surface area contributed by atoms with Gasteiger partial charge in [0.15, 0.2) is 0 Å². The van der Waals surface area contributed by atoms with Crippen molar-refractivity contribution in [3.05, 3.63) is 58.9 Å². The SMILES string of the molecule is Cc1ccncc1C(C)(C#N)Nc1ccc(Cl)cc1. The Morgan fingerprint density at radius 2 is 1.95 bits per heavy atom. The van der Waals surface area contributed by atoms with E-state index in [2.05, 4.69) is 16.4 Å². The predicted octanol–water partition coefficient (Wildman–Crippen LogP) is 3.89. The number of halogens is 1. The molecule has 4 heteroatoms. The van der Waals surface area contributed by atoms with Gasteiger partial charge in [-0.05, 0) is 49.7 Å². The monoisotopic (exact) mass is 271 g/mol. The fourth-order valence-electron chi connectivity index (χ4n) is 1.96. The van der Waals surface area contributed by atoms with Gasteiger partial charge in [0.1, 0.15) is 5.54 Å². The van der Waals surface area contributed by atoms with E-state index < -0.39 is 5.54 Å². The quantitative estimate of drug-likeness (QED) is 0.921. The van der Waals surface area contributed by atoms with Crippen LogP contribution in [0.3, 0.4) is 0 Å². The van der Waals surface area contributed by atoms with Crippen LogP contribution in [0.25, 0.3) is 0 Å². The number of nitrogens with zero attached hydrogens (tertiary/aromatic N) is 2. The molecule has 0 aliphatic heterocycles. The molecule has 1 atom stereocenters. The van der Waals surface area contributed by atoms with Gasteiger partial charge in [0.2, 0.25) is 0 Å². The molecule has 0 fully saturated rings. The first-order chi connectivity index (χ1) is 9.05. The van der Waals surface area contributed by atoms with Crippen molar-refractivity contribution in [2.24, 2.45) is 0 Å². The molecule has 1 aromatic carbocycles. The number of hydrogen-bond acceptors (Lipinski definition) is 3. The average Bonchev–Trinajstić information content (AvgIpc) is 2.42. The van der Waals surface area contributed by atoms with Crippen LogP contribution in [0.1, 0.15) is 18.1 Å². The first-order valence-electron chi connectivity index (χ1n) is 5.91. The Labute approximate surface area is 117 Å². The van der Waals surface area contributed by atoms with Gasteiger partial charge in [0, 0.05) is 28.7 Å². The lowest BCUT2D eigenvalue weighted by Crippen LogP contribution is -2.31. The minimum Gasteiger partial charge on any atom is -0.364 e. The van der Waals surface area contributed by atoms with Crippen molar-refractivity contribution in [3.8, 4) is 6.07 Å². The van der Waals surface area contributed by atoms with Gasteiger partial charge in [-0.25, -0.2) is 0 Å². The van der Waals surface area contributed by atoms with Crippen molar-refractivity contribution >= 4 is 17.3 Å². The highest BCUT2D eigenvalue weighted by atomic mass is 35.5. The lowest BCUT2D eigenvalue weighted by Gasteiger charge is -2.26. The molecule has 19 heavy (non-hydrogen) atoms. The van der Waals surface area contributed by atoms with Crippen molar-refractivity contribution in [1.29, 1.82) is 5.26 Å². The van der Waals surface area contributed by atoms with Gasteiger partial charge < -0.3 is 5.32 Å². The van der Waals surface area contributed by atoms with Gasteiger partial charge in [-0.3, -0.25) is 4.98 Å². The molecule has 0 aliphatic carbocycles. The van der Waals surface area contributed by atoms with Crippen LogP contribution in [-0.2, 0) is 5.54 Å². The van der Waals surface area contributed by atoms with Crippen LogP contribution in [0.5, 0.6) is 0 Å². The Morgan fingerprint density at radius 3 is 2.53 bits per heavy atom. The fraction of sp³-hybridized carbons (Fsp3) is 0.200. The molecule has 0 saturated heterocycles. The second kappa shape index (κ2) is 5.29. The molecular formula is C15H14ClN3. The van der Waals surface area contributed by atoms with Crippen LogP contribution in [-0.4, -0.2) is 4.98 Å². The van der Waals surface area contributed by atoms with Gasteiger partial charge in [0.25, 0.3) is 0 Å². The zero-order chi connectivity index (χ0) is 13.9. The third-order valence-electron chi connectivity index (χ3n) is 3.04. The first kappa shape index (κ1) is 13.4. The number of hydrogen-bond donors (Lipinski definition) is 1. The van der Waals surface area contributed by atoms with Crippen LogP contribution in [0.4, 0.5) is 5.69 Å². The van der Waals surface area contributed by atoms with E-state index in [0.717, 1.165) is 16.8 Å². The van der Waals surface area contributed by atoms with E-state index in [4.69, 9.17) is 11.6 Å². The predicted molar refractivity (Wildman–Crippen MR) is 77.0 cm³/mol. The molecule has 0 spiro atoms. The summed E-state index contributed by atoms with van der Waals surface area (Å²) in [5.41, 5.74) is 1.91. The summed E-state index contributed by atoms with van der Waals surface area (Å²) in [6.07, 6.45) is 3.44. The van der Waals surface area contributed by atoms with E-state index in [1.807, 2.05) is 32.0 Å². The van der Waals surface area contributed by atoms with Crippen molar-refractivity contribution in [2.75, 3.05) is 5.32 Å². The zero-order valence-electron chi connectivity index (χ0n) is 10.8. The summed E-state index contributed by atoms with van der Waals surface area (Å²) < 4.78 is 0. The van der Waals surface area contributed by atoms with E-state index in [1.54, 1.807) is 24.5 Å². The van der Waals surface area contributed by atoms with E-state index in [-0.39, 0.29) is 0 Å². The highest BCUT2D eigenvalue weighted by Gasteiger charge is 2.28. The highest BCUT2D eigenvalue weighted by molar-refractivity contribution is 6.30. The number of benzene rings is 1. The molecule has 2 rings (SSSR count). The van der Waals surface area contributed by atoms with Crippen molar-refractivity contribution < 1.29 is 0 Å². The molecule has 1 N–H and O–H groups in total. The molecule has 0 bridgehead atoms. The number of aryl methyl sites for hydroxylation is 1. The Morgan fingerprint density at radius 1 is 1.26 bits per heavy atom. The number of nitrogens with one attached hydrogen (secondary N) is 1. The smallest absolute Gasteiger partial charge is 0.149 e. The van der Waals surface area contributed by atoms with Gasteiger partial charge >= 0.3 is 0 Å². The first-order valence-corrected chi connectivity index (χ1v) is 6.29. The summed E-state index contributed by atoms with van der Waals surface area (Å²) in [4.78, 5) is 4.10. The molecule has 96 valence electrons. The lowest BCUT2D eigenvalue weighted by atomic mass is 9.91. The zero-order valence-corrected chi connectivity index (χ0v) is 11.6. The molecule has 0 aliphatic rings. The maximum Gasteiger partial charge on any atom is 0.149 e. The van der Waals surface area contributed by atoms with Gasteiger partial charge in [-0.1, -0.05) is 11.6 Å². The van der Waals surface area contributed by atoms with Crippen molar-refractivity contribution in [1.82, 2.24) is 4.98 Å². The van der Waals surface area contributed by atoms with Crippen LogP contribution >= 0.6 is 11.6 Å². The summed E-state index contributed by atoms with van der Waals surface area (Å²) >= 11 is 5.86. The van der Waals surface area contributed by atoms with E-state index in [9.17, 15) is 5.26 Å². The highest BCUT2D eigenvalue weighted by Crippen LogP contribution is 2.27. The summed E-state index contributed by atoms with van der Waals surface area (Å²) in [6, 6.07) is 11.5. The van der Waals surface area contributed by atoms with E-state index in [1.165, 1.54) is 0 Å². The van der Waals surface area contributed by atoms with Crippen LogP contribution in [0.15, 0.2) is 42.7 Å². The number of rotatable bonds is 3. The van der Waals surface area contributed by atoms with E-state index >= 15 is 0 Å². The molecule has 1 heterocycles. The average molecular weight is 272 g/mol. The Kier molecular flexibility index (Phi) is 3.73. The van der Waals surface area contributed by atoms with Crippen molar-refractivity contribution in [3.63, 3.8) is 0 Å². The Bertz CT molecular complexity index is 616. The number of anilines is 1. The van der Waals surface area contributed by atoms with Gasteiger partial charge in [-0.15, -0.1) is 0 Å². The normalized spacial score (nSPS) is 13.4. The molecular weight excluding hydrogens is 258 g/mol. The molecule has 3 nitrogen and oxygen atoms in total. The Balaban J connectivity index is 2.36. The maximum atomic E-state index is 9.51. The minimum absolute atomic E-state index is 0.668. The molecule has 1 aromatic heterocycles. The standard InChI is InChI=1S/C15H14ClN3/c1-11-7-8-18-9-14(11)15(2,10-17)19-13-5-3-12(16)4-6-13/h3-9,19H,1-2H3. The molecule has 0 saturated carbocycles. The molecule has 1 unspecified atom stereocenters. The van der Waals surface area contributed by atoms with Gasteiger partial charge in [-0.2, -0.15) is 5.26 Å². The molecule has 0 radical (unpaired) electrons. The maximum absolute atomic E-state index is 9.51. The third-order valence-corrected chi connectivity index (χ3v) is 3.29. The number of nitriles is 1. The fourth-order valence-corrected chi connectivity index (χ4v) is 2.09. The topological polar surface area (TPSA) is 48.7 Å². The number of pyridine rings is 1. The molecule has 2 aromatic rings. The summed E-state index contributed by atoms with van der Waals surface area (Å²) in [5.74, 6) is 0. The van der Waals surface area contributed by atoms with Gasteiger partial charge in [0.05, 0.1) is 6.07 Å². The summed E-state index contributed by atoms with van der Waals surface area (Å²) in [7, 11) is 0. The largest absolute Gasteiger partial charge is 0.364 e. The van der Waals surface area contributed by atoms with Crippen LogP contribution < -0.4 is 5.32 Å². The molecule has 0 amide bonds. The second-order valence-electron chi connectivity index (χ2n) is 4.56. The van der Waals surface area contributed by atoms with Crippen LogP contribution in [0.2, 0.25) is 5.02 Å². The third kappa shape index (κ3) is 2.86. The van der Waals surface area contributed by atoms with Crippen molar-refractivity contribution in [2.45, 2.75) is 19.4 Å². The summed E-state index contributed by atoms with van der Waals surface area (Å²) in [5, 5.41) is 13.4. The Hall–Kier alpha value is -2.05. The van der Waals surface area contributed by atoms with Crippen LogP contribution in [0, 0.1) is 18.3 Å². The lowest BCUT2D eigenvalue weighted by molar-refractivity contribution is 0.696. The summed E-state index contributed by atoms with van der Waals surface area (Å²) in [6.45, 7) is 3.81. The second-order valence-corrected chi connectivity index (χ2v) is 5.00.